The Morgan fingerprint density at radius 1 is 1.47 bits per heavy atom. The summed E-state index contributed by atoms with van der Waals surface area (Å²) in [4.78, 5) is 19.0. The number of aromatic nitrogens is 1. The summed E-state index contributed by atoms with van der Waals surface area (Å²) in [6, 6.07) is 0.370. The Hall–Kier alpha value is -0.940. The Morgan fingerprint density at radius 2 is 2.26 bits per heavy atom. The van der Waals surface area contributed by atoms with Gasteiger partial charge >= 0.3 is 0 Å². The summed E-state index contributed by atoms with van der Waals surface area (Å²) < 4.78 is 0. The molecular weight excluding hydrogens is 258 g/mol. The van der Waals surface area contributed by atoms with E-state index >= 15 is 0 Å². The lowest BCUT2D eigenvalue weighted by molar-refractivity contribution is 0.0685. The summed E-state index contributed by atoms with van der Waals surface area (Å²) in [5, 5.41) is 2.71. The minimum Gasteiger partial charge on any atom is -0.334 e. The maximum Gasteiger partial charge on any atom is 0.273 e. The summed E-state index contributed by atoms with van der Waals surface area (Å²) in [5.41, 5.74) is 6.40. The Bertz CT molecular complexity index is 471. The molecule has 0 bridgehead atoms. The van der Waals surface area contributed by atoms with Crippen LogP contribution in [-0.4, -0.2) is 28.4 Å². The molecule has 1 amide bonds. The largest absolute Gasteiger partial charge is 0.334 e. The third-order valence-electron chi connectivity index (χ3n) is 4.40. The van der Waals surface area contributed by atoms with E-state index in [0.717, 1.165) is 17.5 Å². The normalized spacial score (nSPS) is 28.2. The molecule has 1 aliphatic heterocycles. The monoisotopic (exact) mass is 279 g/mol. The van der Waals surface area contributed by atoms with Crippen molar-refractivity contribution < 1.29 is 4.79 Å². The molecule has 3 rings (SSSR count). The molecule has 1 saturated carbocycles. The van der Waals surface area contributed by atoms with E-state index in [0.29, 0.717) is 11.7 Å². The molecule has 1 saturated heterocycles. The molecule has 2 N–H and O–H groups in total. The first-order chi connectivity index (χ1) is 9.16. The lowest BCUT2D eigenvalue weighted by Crippen LogP contribution is -2.39. The maximum atomic E-state index is 12.6. The van der Waals surface area contributed by atoms with Crippen molar-refractivity contribution in [1.29, 1.82) is 0 Å². The quantitative estimate of drug-likeness (QED) is 0.905. The van der Waals surface area contributed by atoms with Crippen LogP contribution in [0.1, 0.15) is 60.6 Å². The zero-order valence-corrected chi connectivity index (χ0v) is 12.2. The number of nitrogens with two attached hydrogens (primary N) is 1. The zero-order chi connectivity index (χ0) is 13.4. The van der Waals surface area contributed by atoms with Crippen LogP contribution in [0, 0.1) is 5.92 Å². The number of rotatable bonds is 2. The van der Waals surface area contributed by atoms with Gasteiger partial charge in [-0.1, -0.05) is 12.8 Å². The predicted molar refractivity (Wildman–Crippen MR) is 76.1 cm³/mol. The fourth-order valence-electron chi connectivity index (χ4n) is 3.40. The molecule has 104 valence electrons. The smallest absolute Gasteiger partial charge is 0.273 e. The van der Waals surface area contributed by atoms with Gasteiger partial charge in [-0.05, 0) is 32.1 Å². The number of carbonyl (C=O) groups is 1. The van der Waals surface area contributed by atoms with E-state index in [4.69, 9.17) is 5.73 Å². The highest BCUT2D eigenvalue weighted by molar-refractivity contribution is 7.09. The number of fused-ring (bicyclic) bond motifs is 1. The molecule has 2 heterocycles. The van der Waals surface area contributed by atoms with Gasteiger partial charge in [-0.2, -0.15) is 0 Å². The van der Waals surface area contributed by atoms with Gasteiger partial charge in [-0.25, -0.2) is 4.98 Å². The van der Waals surface area contributed by atoms with E-state index in [-0.39, 0.29) is 11.9 Å². The Morgan fingerprint density at radius 3 is 3.00 bits per heavy atom. The third-order valence-corrected chi connectivity index (χ3v) is 5.45. The molecule has 2 fully saturated rings. The average molecular weight is 279 g/mol. The predicted octanol–water partition coefficient (Wildman–Crippen LogP) is 2.57. The second-order valence-corrected chi connectivity index (χ2v) is 6.65. The van der Waals surface area contributed by atoms with Crippen LogP contribution in [0.4, 0.5) is 0 Å². The molecule has 4 nitrogen and oxygen atoms in total. The van der Waals surface area contributed by atoms with Crippen molar-refractivity contribution >= 4 is 17.2 Å². The van der Waals surface area contributed by atoms with Gasteiger partial charge in [0.25, 0.3) is 5.91 Å². The number of hydrogen-bond acceptors (Lipinski definition) is 4. The molecule has 0 aromatic carbocycles. The van der Waals surface area contributed by atoms with Crippen LogP contribution in [0.3, 0.4) is 0 Å². The number of carbonyl (C=O) groups excluding carboxylic acids is 1. The van der Waals surface area contributed by atoms with Gasteiger partial charge in [0.15, 0.2) is 0 Å². The molecule has 2 aliphatic rings. The van der Waals surface area contributed by atoms with Crippen molar-refractivity contribution in [3.05, 3.63) is 16.1 Å². The summed E-state index contributed by atoms with van der Waals surface area (Å²) in [6.45, 7) is 2.80. The topological polar surface area (TPSA) is 59.2 Å². The van der Waals surface area contributed by atoms with Crippen molar-refractivity contribution in [3.63, 3.8) is 0 Å². The van der Waals surface area contributed by atoms with E-state index < -0.39 is 0 Å². The van der Waals surface area contributed by atoms with Crippen molar-refractivity contribution in [2.45, 2.75) is 51.1 Å². The molecule has 3 atom stereocenters. The SMILES string of the molecule is CC(N)c1nc(C(=O)N2CCC3CCCCC32)cs1. The molecular formula is C14H21N3OS. The molecule has 0 spiro atoms. The van der Waals surface area contributed by atoms with Crippen LogP contribution >= 0.6 is 11.3 Å². The Labute approximate surface area is 118 Å². The third kappa shape index (κ3) is 2.41. The molecule has 5 heteroatoms. The molecule has 3 unspecified atom stereocenters. The van der Waals surface area contributed by atoms with Crippen molar-refractivity contribution in [2.75, 3.05) is 6.54 Å². The summed E-state index contributed by atoms with van der Waals surface area (Å²) in [6.07, 6.45) is 6.21. The molecule has 1 aromatic rings. The van der Waals surface area contributed by atoms with Gasteiger partial charge in [0.1, 0.15) is 10.7 Å². The van der Waals surface area contributed by atoms with Gasteiger partial charge in [-0.3, -0.25) is 4.79 Å². The number of hydrogen-bond donors (Lipinski definition) is 1. The molecule has 1 aliphatic carbocycles. The van der Waals surface area contributed by atoms with Gasteiger partial charge < -0.3 is 10.6 Å². The van der Waals surface area contributed by atoms with Crippen LogP contribution in [0.15, 0.2) is 5.38 Å². The minimum absolute atomic E-state index is 0.0902. The fourth-order valence-corrected chi connectivity index (χ4v) is 4.15. The second-order valence-electron chi connectivity index (χ2n) is 5.76. The Kier molecular flexibility index (Phi) is 3.58. The number of thiazole rings is 1. The minimum atomic E-state index is -0.0902. The molecule has 0 radical (unpaired) electrons. The van der Waals surface area contributed by atoms with Crippen LogP contribution in [0.2, 0.25) is 0 Å². The number of likely N-dealkylation sites (tertiary alicyclic amines) is 1. The first kappa shape index (κ1) is 13.1. The van der Waals surface area contributed by atoms with Crippen LogP contribution < -0.4 is 5.73 Å². The lowest BCUT2D eigenvalue weighted by Gasteiger charge is -2.31. The first-order valence-electron chi connectivity index (χ1n) is 7.19. The average Bonchev–Trinajstić information content (AvgIpc) is 3.05. The van der Waals surface area contributed by atoms with E-state index in [1.54, 1.807) is 0 Å². The van der Waals surface area contributed by atoms with E-state index in [1.165, 1.54) is 43.4 Å². The van der Waals surface area contributed by atoms with E-state index in [9.17, 15) is 4.79 Å². The fraction of sp³-hybridized carbons (Fsp3) is 0.714. The van der Waals surface area contributed by atoms with Gasteiger partial charge in [0.05, 0.1) is 6.04 Å². The van der Waals surface area contributed by atoms with Crippen molar-refractivity contribution in [2.24, 2.45) is 11.7 Å². The van der Waals surface area contributed by atoms with Crippen molar-refractivity contribution in [1.82, 2.24) is 9.88 Å². The van der Waals surface area contributed by atoms with Crippen LogP contribution in [-0.2, 0) is 0 Å². The molecule has 19 heavy (non-hydrogen) atoms. The second kappa shape index (κ2) is 5.21. The number of amides is 1. The van der Waals surface area contributed by atoms with Crippen LogP contribution in [0.25, 0.3) is 0 Å². The highest BCUT2D eigenvalue weighted by atomic mass is 32.1. The standard InChI is InChI=1S/C14H21N3OS/c1-9(15)13-16-11(8-19-13)14(18)17-7-6-10-4-2-3-5-12(10)17/h8-10,12H,2-7,15H2,1H3. The molecule has 1 aromatic heterocycles. The van der Waals surface area contributed by atoms with E-state index in [1.807, 2.05) is 12.3 Å². The Balaban J connectivity index is 1.76. The zero-order valence-electron chi connectivity index (χ0n) is 11.3. The van der Waals surface area contributed by atoms with Gasteiger partial charge in [0.2, 0.25) is 0 Å². The van der Waals surface area contributed by atoms with Crippen LogP contribution in [0.5, 0.6) is 0 Å². The highest BCUT2D eigenvalue weighted by Crippen LogP contribution is 2.36. The maximum absolute atomic E-state index is 12.6. The highest BCUT2D eigenvalue weighted by Gasteiger charge is 2.38. The van der Waals surface area contributed by atoms with Crippen molar-refractivity contribution in [3.8, 4) is 0 Å². The van der Waals surface area contributed by atoms with Gasteiger partial charge in [-0.15, -0.1) is 11.3 Å². The number of nitrogens with zero attached hydrogens (tertiary/aromatic N) is 2. The summed E-state index contributed by atoms with van der Waals surface area (Å²) in [7, 11) is 0. The lowest BCUT2D eigenvalue weighted by atomic mass is 9.85. The van der Waals surface area contributed by atoms with E-state index in [2.05, 4.69) is 9.88 Å². The summed E-state index contributed by atoms with van der Waals surface area (Å²) in [5.74, 6) is 0.835. The summed E-state index contributed by atoms with van der Waals surface area (Å²) >= 11 is 1.49. The first-order valence-corrected chi connectivity index (χ1v) is 8.06. The van der Waals surface area contributed by atoms with Gasteiger partial charge in [0, 0.05) is 18.0 Å².